The highest BCUT2D eigenvalue weighted by Gasteiger charge is 2.17. The number of carbonyl (C=O) groups excluding carboxylic acids is 2. The molecule has 3 aromatic rings. The number of benzene rings is 2. The third-order valence-electron chi connectivity index (χ3n) is 4.05. The number of phenols is 1. The summed E-state index contributed by atoms with van der Waals surface area (Å²) < 4.78 is 0. The lowest BCUT2D eigenvalue weighted by molar-refractivity contribution is -0.385. The number of nitro benzene ring substituents is 1. The topological polar surface area (TPSA) is 134 Å². The van der Waals surface area contributed by atoms with E-state index in [9.17, 15) is 24.8 Å². The minimum Gasteiger partial charge on any atom is -0.502 e. The molecule has 3 rings (SSSR count). The van der Waals surface area contributed by atoms with Crippen LogP contribution < -0.4 is 10.7 Å². The van der Waals surface area contributed by atoms with E-state index in [4.69, 9.17) is 11.6 Å². The maximum absolute atomic E-state index is 12.7. The third kappa shape index (κ3) is 5.56. The largest absolute Gasteiger partial charge is 0.502 e. The second kappa shape index (κ2) is 10.3. The molecule has 1 aromatic heterocycles. The zero-order valence-electron chi connectivity index (χ0n) is 16.2. The molecular weight excluding hydrogens is 456 g/mol. The van der Waals surface area contributed by atoms with Crippen LogP contribution in [0.25, 0.3) is 6.08 Å². The van der Waals surface area contributed by atoms with Crippen LogP contribution in [0.1, 0.15) is 20.8 Å². The summed E-state index contributed by atoms with van der Waals surface area (Å²) in [5.74, 6) is -1.93. The lowest BCUT2D eigenvalue weighted by atomic mass is 10.2. The van der Waals surface area contributed by atoms with Gasteiger partial charge in [-0.05, 0) is 35.7 Å². The zero-order chi connectivity index (χ0) is 23.1. The van der Waals surface area contributed by atoms with Crippen molar-refractivity contribution in [1.29, 1.82) is 0 Å². The van der Waals surface area contributed by atoms with Crippen molar-refractivity contribution in [3.8, 4) is 5.75 Å². The first-order valence-corrected chi connectivity index (χ1v) is 10.2. The predicted octanol–water partition coefficient (Wildman–Crippen LogP) is 3.94. The predicted molar refractivity (Wildman–Crippen MR) is 122 cm³/mol. The lowest BCUT2D eigenvalue weighted by Crippen LogP contribution is -2.33. The average molecular weight is 471 g/mol. The fourth-order valence-corrected chi connectivity index (χ4v) is 3.41. The van der Waals surface area contributed by atoms with Crippen LogP contribution in [0.4, 0.5) is 5.69 Å². The Morgan fingerprint density at radius 1 is 1.12 bits per heavy atom. The van der Waals surface area contributed by atoms with Crippen LogP contribution in [-0.4, -0.2) is 28.1 Å². The van der Waals surface area contributed by atoms with E-state index in [2.05, 4.69) is 15.8 Å². The highest BCUT2D eigenvalue weighted by molar-refractivity contribution is 7.10. The summed E-state index contributed by atoms with van der Waals surface area (Å²) in [5.41, 5.74) is 1.85. The summed E-state index contributed by atoms with van der Waals surface area (Å²) >= 11 is 7.40. The lowest BCUT2D eigenvalue weighted by Gasteiger charge is -2.09. The Hall–Kier alpha value is -4.02. The average Bonchev–Trinajstić information content (AvgIpc) is 3.27. The quantitative estimate of drug-likeness (QED) is 0.208. The van der Waals surface area contributed by atoms with E-state index >= 15 is 0 Å². The second-order valence-corrected chi connectivity index (χ2v) is 7.57. The van der Waals surface area contributed by atoms with Gasteiger partial charge in [0.05, 0.1) is 21.7 Å². The van der Waals surface area contributed by atoms with E-state index in [1.165, 1.54) is 35.6 Å². The van der Waals surface area contributed by atoms with Crippen molar-refractivity contribution in [1.82, 2.24) is 10.7 Å². The molecule has 2 amide bonds. The molecule has 0 atom stereocenters. The fraction of sp³-hybridized carbons (Fsp3) is 0. The molecule has 0 spiro atoms. The van der Waals surface area contributed by atoms with Crippen molar-refractivity contribution in [3.63, 3.8) is 0 Å². The van der Waals surface area contributed by atoms with Crippen LogP contribution in [0.5, 0.6) is 5.75 Å². The normalized spacial score (nSPS) is 11.3. The molecule has 0 fully saturated rings. The summed E-state index contributed by atoms with van der Waals surface area (Å²) in [5, 5.41) is 29.1. The van der Waals surface area contributed by atoms with Gasteiger partial charge in [0.1, 0.15) is 5.70 Å². The van der Waals surface area contributed by atoms with Crippen molar-refractivity contribution in [2.45, 2.75) is 0 Å². The second-order valence-electron chi connectivity index (χ2n) is 6.18. The number of nitro groups is 1. The molecule has 0 aliphatic carbocycles. The van der Waals surface area contributed by atoms with Crippen molar-refractivity contribution >= 4 is 52.7 Å². The number of phenolic OH excluding ortho intramolecular Hbond substituents is 1. The molecule has 1 heterocycles. The van der Waals surface area contributed by atoms with Gasteiger partial charge in [0.2, 0.25) is 5.75 Å². The number of halogens is 1. The number of nitrogens with one attached hydrogen (secondary N) is 2. The highest BCUT2D eigenvalue weighted by Crippen LogP contribution is 2.27. The van der Waals surface area contributed by atoms with Gasteiger partial charge in [-0.15, -0.1) is 11.3 Å². The van der Waals surface area contributed by atoms with Crippen LogP contribution in [0.15, 0.2) is 70.8 Å². The number of nitrogens with zero attached hydrogens (tertiary/aromatic N) is 2. The van der Waals surface area contributed by atoms with Crippen LogP contribution in [0, 0.1) is 10.1 Å². The molecule has 0 saturated carbocycles. The van der Waals surface area contributed by atoms with Crippen LogP contribution in [0.2, 0.25) is 5.02 Å². The Labute approximate surface area is 190 Å². The van der Waals surface area contributed by atoms with E-state index in [0.29, 0.717) is 4.88 Å². The van der Waals surface area contributed by atoms with Gasteiger partial charge in [-0.1, -0.05) is 35.9 Å². The SMILES string of the molecule is O=C(NN=Cc1cccc([N+](=O)[O-])c1O)C(=Cc1cccs1)NC(=O)c1ccccc1Cl. The zero-order valence-corrected chi connectivity index (χ0v) is 17.8. The van der Waals surface area contributed by atoms with Gasteiger partial charge in [-0.3, -0.25) is 19.7 Å². The first-order chi connectivity index (χ1) is 15.4. The Morgan fingerprint density at radius 2 is 1.91 bits per heavy atom. The smallest absolute Gasteiger partial charge is 0.311 e. The molecule has 9 nitrogen and oxygen atoms in total. The standard InChI is InChI=1S/C21H15ClN4O5S/c22-16-8-2-1-7-15(16)20(28)24-17(11-14-6-4-10-32-14)21(29)25-23-12-13-5-3-9-18(19(13)27)26(30)31/h1-12,27H,(H,24,28)(H,25,29). The van der Waals surface area contributed by atoms with E-state index in [0.717, 1.165) is 12.3 Å². The monoisotopic (exact) mass is 470 g/mol. The van der Waals surface area contributed by atoms with E-state index < -0.39 is 28.2 Å². The molecule has 2 aromatic carbocycles. The number of para-hydroxylation sites is 1. The van der Waals surface area contributed by atoms with Crippen molar-refractivity contribution in [3.05, 3.63) is 96.8 Å². The molecule has 32 heavy (non-hydrogen) atoms. The Bertz CT molecular complexity index is 1220. The third-order valence-corrected chi connectivity index (χ3v) is 5.20. The molecule has 0 aliphatic rings. The molecular formula is C21H15ClN4O5S. The highest BCUT2D eigenvalue weighted by atomic mass is 35.5. The van der Waals surface area contributed by atoms with Gasteiger partial charge in [0.15, 0.2) is 0 Å². The van der Waals surface area contributed by atoms with Gasteiger partial charge in [0.25, 0.3) is 11.8 Å². The molecule has 0 saturated heterocycles. The Morgan fingerprint density at radius 3 is 2.59 bits per heavy atom. The molecule has 11 heteroatoms. The van der Waals surface area contributed by atoms with E-state index in [1.54, 1.807) is 35.7 Å². The number of rotatable bonds is 7. The number of thiophene rings is 1. The molecule has 0 unspecified atom stereocenters. The maximum atomic E-state index is 12.7. The van der Waals surface area contributed by atoms with E-state index in [1.807, 2.05) is 0 Å². The number of aromatic hydroxyl groups is 1. The first-order valence-electron chi connectivity index (χ1n) is 8.97. The van der Waals surface area contributed by atoms with Gasteiger partial charge in [-0.2, -0.15) is 5.10 Å². The minimum atomic E-state index is -0.750. The number of hydrogen-bond donors (Lipinski definition) is 3. The summed E-state index contributed by atoms with van der Waals surface area (Å²) in [4.78, 5) is 36.1. The molecule has 162 valence electrons. The van der Waals surface area contributed by atoms with Crippen molar-refractivity contribution in [2.75, 3.05) is 0 Å². The number of hydrazone groups is 1. The van der Waals surface area contributed by atoms with Gasteiger partial charge < -0.3 is 10.4 Å². The van der Waals surface area contributed by atoms with Crippen LogP contribution in [0.3, 0.4) is 0 Å². The summed E-state index contributed by atoms with van der Waals surface area (Å²) in [7, 11) is 0. The Kier molecular flexibility index (Phi) is 7.32. The first kappa shape index (κ1) is 22.7. The van der Waals surface area contributed by atoms with E-state index in [-0.39, 0.29) is 21.8 Å². The summed E-state index contributed by atoms with van der Waals surface area (Å²) in [6.07, 6.45) is 2.52. The van der Waals surface area contributed by atoms with Gasteiger partial charge in [0, 0.05) is 16.5 Å². The van der Waals surface area contributed by atoms with Gasteiger partial charge >= 0.3 is 5.69 Å². The number of amides is 2. The van der Waals surface area contributed by atoms with Crippen LogP contribution in [-0.2, 0) is 4.79 Å². The number of carbonyl (C=O) groups is 2. The molecule has 0 bridgehead atoms. The van der Waals surface area contributed by atoms with Gasteiger partial charge in [-0.25, -0.2) is 5.43 Å². The number of hydrogen-bond acceptors (Lipinski definition) is 7. The van der Waals surface area contributed by atoms with Crippen molar-refractivity contribution in [2.24, 2.45) is 5.10 Å². The maximum Gasteiger partial charge on any atom is 0.311 e. The molecule has 3 N–H and O–H groups in total. The Balaban J connectivity index is 1.80. The van der Waals surface area contributed by atoms with Crippen LogP contribution >= 0.6 is 22.9 Å². The summed E-state index contributed by atoms with van der Waals surface area (Å²) in [6, 6.07) is 13.8. The van der Waals surface area contributed by atoms with Crippen molar-refractivity contribution < 1.29 is 19.6 Å². The minimum absolute atomic E-state index is 0.0309. The molecule has 0 radical (unpaired) electrons. The fourth-order valence-electron chi connectivity index (χ4n) is 2.53. The summed E-state index contributed by atoms with van der Waals surface area (Å²) in [6.45, 7) is 0. The molecule has 0 aliphatic heterocycles.